The Morgan fingerprint density at radius 3 is 2.35 bits per heavy atom. The van der Waals surface area contributed by atoms with E-state index in [0.29, 0.717) is 0 Å². The molecule has 110 valence electrons. The first-order valence-electron chi connectivity index (χ1n) is 6.07. The molecule has 0 aromatic heterocycles. The zero-order chi connectivity index (χ0) is 15.3. The highest BCUT2D eigenvalue weighted by Gasteiger charge is 2.25. The lowest BCUT2D eigenvalue weighted by molar-refractivity contribution is -0.163. The van der Waals surface area contributed by atoms with Gasteiger partial charge in [0.25, 0.3) is 0 Å². The van der Waals surface area contributed by atoms with Gasteiger partial charge in [0.2, 0.25) is 6.23 Å². The van der Waals surface area contributed by atoms with Gasteiger partial charge in [0.15, 0.2) is 0 Å². The molecule has 0 heterocycles. The van der Waals surface area contributed by atoms with E-state index < -0.39 is 23.8 Å². The van der Waals surface area contributed by atoms with Crippen LogP contribution in [0, 0.1) is 0 Å². The van der Waals surface area contributed by atoms with Gasteiger partial charge in [-0.1, -0.05) is 12.1 Å². The maximum atomic E-state index is 11.7. The quantitative estimate of drug-likeness (QED) is 0.664. The Bertz CT molecular complexity index is 493. The number of para-hydroxylation sites is 1. The average molecular weight is 281 g/mol. The Kier molecular flexibility index (Phi) is 5.10. The van der Waals surface area contributed by atoms with Gasteiger partial charge in [-0.15, -0.1) is 0 Å². The Morgan fingerprint density at radius 1 is 1.20 bits per heavy atom. The fourth-order valence-corrected chi connectivity index (χ4v) is 1.39. The van der Waals surface area contributed by atoms with Gasteiger partial charge in [-0.25, -0.2) is 9.59 Å². The monoisotopic (exact) mass is 281 g/mol. The first-order chi connectivity index (χ1) is 9.24. The van der Waals surface area contributed by atoms with Crippen molar-refractivity contribution in [3.05, 3.63) is 29.8 Å². The number of benzene rings is 1. The fraction of sp³-hybridized carbons (Fsp3) is 0.429. The van der Waals surface area contributed by atoms with Crippen LogP contribution in [0.4, 0.5) is 0 Å². The van der Waals surface area contributed by atoms with Crippen LogP contribution in [0.1, 0.15) is 31.1 Å². The van der Waals surface area contributed by atoms with E-state index in [2.05, 4.69) is 4.74 Å². The van der Waals surface area contributed by atoms with Gasteiger partial charge in [0.1, 0.15) is 16.9 Å². The lowest BCUT2D eigenvalue weighted by Crippen LogP contribution is -2.41. The standard InChI is InChI=1S/C14H19NO5/c1-14(2,3)20-13(17)11(15)19-10-8-6-5-7-9(10)12(16)18-4/h5-8,11H,15H2,1-4H3/t11-/m0/s1. The molecule has 0 unspecified atom stereocenters. The Hall–Kier alpha value is -2.08. The molecule has 0 saturated heterocycles. The summed E-state index contributed by atoms with van der Waals surface area (Å²) in [7, 11) is 1.26. The van der Waals surface area contributed by atoms with Gasteiger partial charge < -0.3 is 14.2 Å². The van der Waals surface area contributed by atoms with Crippen molar-refractivity contribution in [2.24, 2.45) is 5.73 Å². The van der Waals surface area contributed by atoms with E-state index in [1.165, 1.54) is 19.2 Å². The van der Waals surface area contributed by atoms with Gasteiger partial charge >= 0.3 is 11.9 Å². The molecule has 1 aromatic carbocycles. The van der Waals surface area contributed by atoms with Crippen LogP contribution < -0.4 is 10.5 Å². The van der Waals surface area contributed by atoms with Gasteiger partial charge in [-0.05, 0) is 32.9 Å². The van der Waals surface area contributed by atoms with Crippen LogP contribution in [0.15, 0.2) is 24.3 Å². The number of hydrogen-bond acceptors (Lipinski definition) is 6. The molecule has 20 heavy (non-hydrogen) atoms. The largest absolute Gasteiger partial charge is 0.465 e. The van der Waals surface area contributed by atoms with Crippen LogP contribution in [0.2, 0.25) is 0 Å². The van der Waals surface area contributed by atoms with Crippen molar-refractivity contribution in [2.45, 2.75) is 32.6 Å². The number of carbonyl (C=O) groups excluding carboxylic acids is 2. The van der Waals surface area contributed by atoms with E-state index >= 15 is 0 Å². The molecule has 0 spiro atoms. The minimum Gasteiger partial charge on any atom is -0.465 e. The summed E-state index contributed by atoms with van der Waals surface area (Å²) in [6.07, 6.45) is -1.32. The number of hydrogen-bond donors (Lipinski definition) is 1. The summed E-state index contributed by atoms with van der Waals surface area (Å²) in [5.74, 6) is -1.12. The number of nitrogens with two attached hydrogens (primary N) is 1. The van der Waals surface area contributed by atoms with Crippen LogP contribution in [0.25, 0.3) is 0 Å². The van der Waals surface area contributed by atoms with Crippen molar-refractivity contribution in [1.29, 1.82) is 0 Å². The summed E-state index contributed by atoms with van der Waals surface area (Å²) in [5, 5.41) is 0. The van der Waals surface area contributed by atoms with Crippen LogP contribution in [-0.4, -0.2) is 30.9 Å². The topological polar surface area (TPSA) is 87.9 Å². The Balaban J connectivity index is 2.83. The molecule has 0 radical (unpaired) electrons. The van der Waals surface area contributed by atoms with Gasteiger partial charge in [0, 0.05) is 0 Å². The van der Waals surface area contributed by atoms with Gasteiger partial charge in [-0.3, -0.25) is 5.73 Å². The second-order valence-electron chi connectivity index (χ2n) is 5.06. The van der Waals surface area contributed by atoms with Crippen molar-refractivity contribution in [1.82, 2.24) is 0 Å². The third-order valence-electron chi connectivity index (χ3n) is 2.19. The van der Waals surface area contributed by atoms with E-state index in [-0.39, 0.29) is 11.3 Å². The Labute approximate surface area is 117 Å². The summed E-state index contributed by atoms with van der Waals surface area (Å²) in [6, 6.07) is 6.35. The molecular formula is C14H19NO5. The van der Waals surface area contributed by atoms with E-state index in [1.54, 1.807) is 32.9 Å². The minimum absolute atomic E-state index is 0.165. The summed E-state index contributed by atoms with van der Waals surface area (Å²) in [4.78, 5) is 23.3. The highest BCUT2D eigenvalue weighted by atomic mass is 16.6. The average Bonchev–Trinajstić information content (AvgIpc) is 2.36. The number of ether oxygens (including phenoxy) is 3. The molecule has 0 aliphatic carbocycles. The van der Waals surface area contributed by atoms with Crippen molar-refractivity contribution in [3.8, 4) is 5.75 Å². The molecule has 0 fully saturated rings. The SMILES string of the molecule is COC(=O)c1ccccc1O[C@H](N)C(=O)OC(C)(C)C. The maximum Gasteiger partial charge on any atom is 0.363 e. The first-order valence-corrected chi connectivity index (χ1v) is 6.07. The summed E-state index contributed by atoms with van der Waals surface area (Å²) in [5.41, 5.74) is 5.14. The van der Waals surface area contributed by atoms with Gasteiger partial charge in [-0.2, -0.15) is 0 Å². The molecule has 6 heteroatoms. The van der Waals surface area contributed by atoms with Crippen LogP contribution in [0.5, 0.6) is 5.75 Å². The molecule has 0 aliphatic rings. The third-order valence-corrected chi connectivity index (χ3v) is 2.19. The smallest absolute Gasteiger partial charge is 0.363 e. The van der Waals surface area contributed by atoms with E-state index in [4.69, 9.17) is 15.2 Å². The number of carbonyl (C=O) groups is 2. The predicted molar refractivity (Wildman–Crippen MR) is 72.2 cm³/mol. The lowest BCUT2D eigenvalue weighted by atomic mass is 10.2. The predicted octanol–water partition coefficient (Wildman–Crippen LogP) is 1.48. The van der Waals surface area contributed by atoms with Crippen molar-refractivity contribution in [2.75, 3.05) is 7.11 Å². The van der Waals surface area contributed by atoms with Crippen LogP contribution in [-0.2, 0) is 14.3 Å². The molecule has 0 bridgehead atoms. The lowest BCUT2D eigenvalue weighted by Gasteiger charge is -2.22. The van der Waals surface area contributed by atoms with Crippen LogP contribution >= 0.6 is 0 Å². The van der Waals surface area contributed by atoms with Crippen molar-refractivity contribution >= 4 is 11.9 Å². The second kappa shape index (κ2) is 6.38. The molecule has 1 rings (SSSR count). The number of esters is 2. The van der Waals surface area contributed by atoms with E-state index in [1.807, 2.05) is 0 Å². The second-order valence-corrected chi connectivity index (χ2v) is 5.06. The molecule has 0 amide bonds. The third kappa shape index (κ3) is 4.55. The van der Waals surface area contributed by atoms with E-state index in [0.717, 1.165) is 0 Å². The van der Waals surface area contributed by atoms with E-state index in [9.17, 15) is 9.59 Å². The minimum atomic E-state index is -1.32. The first kappa shape index (κ1) is 16.0. The summed E-state index contributed by atoms with van der Waals surface area (Å²) in [6.45, 7) is 5.17. The highest BCUT2D eigenvalue weighted by molar-refractivity contribution is 5.92. The number of rotatable bonds is 4. The Morgan fingerprint density at radius 2 is 1.80 bits per heavy atom. The summed E-state index contributed by atoms with van der Waals surface area (Å²) >= 11 is 0. The van der Waals surface area contributed by atoms with Crippen molar-refractivity contribution in [3.63, 3.8) is 0 Å². The molecule has 2 N–H and O–H groups in total. The number of methoxy groups -OCH3 is 1. The fourth-order valence-electron chi connectivity index (χ4n) is 1.39. The maximum absolute atomic E-state index is 11.7. The zero-order valence-electron chi connectivity index (χ0n) is 12.0. The molecule has 6 nitrogen and oxygen atoms in total. The molecule has 0 aliphatic heterocycles. The highest BCUT2D eigenvalue weighted by Crippen LogP contribution is 2.20. The summed E-state index contributed by atoms with van der Waals surface area (Å²) < 4.78 is 15.0. The molecule has 1 atom stereocenters. The van der Waals surface area contributed by atoms with Crippen LogP contribution in [0.3, 0.4) is 0 Å². The molecular weight excluding hydrogens is 262 g/mol. The van der Waals surface area contributed by atoms with Gasteiger partial charge in [0.05, 0.1) is 7.11 Å². The normalized spacial score (nSPS) is 12.4. The van der Waals surface area contributed by atoms with Crippen molar-refractivity contribution < 1.29 is 23.8 Å². The molecule has 1 aromatic rings. The molecule has 0 saturated carbocycles. The zero-order valence-corrected chi connectivity index (χ0v) is 12.0.